The fourth-order valence-electron chi connectivity index (χ4n) is 3.08. The highest BCUT2D eigenvalue weighted by Gasteiger charge is 2.30. The van der Waals surface area contributed by atoms with Gasteiger partial charge in [0.25, 0.3) is 0 Å². The number of benzene rings is 1. The SMILES string of the molecule is CCC(CC)C(O)CNC1CC(c2ccc(Br)cc2)C1. The van der Waals surface area contributed by atoms with Crippen LogP contribution in [-0.2, 0) is 0 Å². The Morgan fingerprint density at radius 3 is 2.35 bits per heavy atom. The summed E-state index contributed by atoms with van der Waals surface area (Å²) in [6.07, 6.45) is 4.31. The molecule has 1 atom stereocenters. The van der Waals surface area contributed by atoms with Crippen LogP contribution in [0.4, 0.5) is 0 Å². The average molecular weight is 340 g/mol. The van der Waals surface area contributed by atoms with Gasteiger partial charge in [0, 0.05) is 17.1 Å². The van der Waals surface area contributed by atoms with Gasteiger partial charge < -0.3 is 10.4 Å². The third-order valence-electron chi connectivity index (χ3n) is 4.69. The van der Waals surface area contributed by atoms with Crippen LogP contribution in [0.5, 0.6) is 0 Å². The molecule has 20 heavy (non-hydrogen) atoms. The van der Waals surface area contributed by atoms with E-state index >= 15 is 0 Å². The second kappa shape index (κ2) is 7.58. The van der Waals surface area contributed by atoms with Gasteiger partial charge in [0.1, 0.15) is 0 Å². The summed E-state index contributed by atoms with van der Waals surface area (Å²) in [5.74, 6) is 1.12. The topological polar surface area (TPSA) is 32.3 Å². The van der Waals surface area contributed by atoms with Crippen molar-refractivity contribution in [2.45, 2.75) is 57.6 Å². The summed E-state index contributed by atoms with van der Waals surface area (Å²) in [5.41, 5.74) is 1.44. The van der Waals surface area contributed by atoms with E-state index < -0.39 is 0 Å². The fourth-order valence-corrected chi connectivity index (χ4v) is 3.34. The van der Waals surface area contributed by atoms with Crippen molar-refractivity contribution in [3.8, 4) is 0 Å². The number of aliphatic hydroxyl groups is 1. The minimum atomic E-state index is -0.197. The third kappa shape index (κ3) is 4.06. The molecule has 1 aromatic carbocycles. The molecule has 1 aliphatic rings. The summed E-state index contributed by atoms with van der Waals surface area (Å²) >= 11 is 3.47. The second-order valence-corrected chi connectivity index (χ2v) is 6.88. The molecule has 2 nitrogen and oxygen atoms in total. The van der Waals surface area contributed by atoms with Crippen LogP contribution in [0, 0.1) is 5.92 Å². The average Bonchev–Trinajstić information content (AvgIpc) is 2.40. The monoisotopic (exact) mass is 339 g/mol. The molecule has 0 aromatic heterocycles. The molecule has 1 fully saturated rings. The summed E-state index contributed by atoms with van der Waals surface area (Å²) in [6, 6.07) is 9.24. The normalized spacial score (nSPS) is 23.6. The van der Waals surface area contributed by atoms with Crippen LogP contribution in [0.2, 0.25) is 0 Å². The van der Waals surface area contributed by atoms with Gasteiger partial charge in [-0.15, -0.1) is 0 Å². The Balaban J connectivity index is 1.70. The maximum Gasteiger partial charge on any atom is 0.0692 e. The van der Waals surface area contributed by atoms with Gasteiger partial charge in [-0.1, -0.05) is 54.8 Å². The zero-order chi connectivity index (χ0) is 14.5. The Bertz CT molecular complexity index is 396. The number of nitrogens with one attached hydrogen (secondary N) is 1. The predicted molar refractivity (Wildman–Crippen MR) is 88.0 cm³/mol. The molecule has 1 unspecified atom stereocenters. The number of hydrogen-bond donors (Lipinski definition) is 2. The van der Waals surface area contributed by atoms with E-state index in [2.05, 4.69) is 59.4 Å². The van der Waals surface area contributed by atoms with E-state index in [1.165, 1.54) is 18.4 Å². The lowest BCUT2D eigenvalue weighted by atomic mass is 9.76. The molecular formula is C17H26BrNO. The molecule has 0 amide bonds. The first-order valence-electron chi connectivity index (χ1n) is 7.80. The van der Waals surface area contributed by atoms with Gasteiger partial charge in [-0.3, -0.25) is 0 Å². The van der Waals surface area contributed by atoms with E-state index in [1.807, 2.05) is 0 Å². The maximum absolute atomic E-state index is 10.1. The molecule has 0 radical (unpaired) electrons. The molecule has 2 N–H and O–H groups in total. The highest BCUT2D eigenvalue weighted by molar-refractivity contribution is 9.10. The van der Waals surface area contributed by atoms with Crippen molar-refractivity contribution in [3.63, 3.8) is 0 Å². The van der Waals surface area contributed by atoms with Crippen LogP contribution in [0.1, 0.15) is 51.0 Å². The van der Waals surface area contributed by atoms with Gasteiger partial charge >= 0.3 is 0 Å². The van der Waals surface area contributed by atoms with Crippen molar-refractivity contribution in [1.82, 2.24) is 5.32 Å². The van der Waals surface area contributed by atoms with E-state index in [9.17, 15) is 5.11 Å². The zero-order valence-electron chi connectivity index (χ0n) is 12.5. The van der Waals surface area contributed by atoms with Gasteiger partial charge in [0.05, 0.1) is 6.10 Å². The van der Waals surface area contributed by atoms with Crippen molar-refractivity contribution >= 4 is 15.9 Å². The molecule has 0 spiro atoms. The molecule has 3 heteroatoms. The first kappa shape index (κ1) is 16.0. The largest absolute Gasteiger partial charge is 0.392 e. The Morgan fingerprint density at radius 2 is 1.80 bits per heavy atom. The standard InChI is InChI=1S/C17H26BrNO/c1-3-12(4-2)17(20)11-19-16-9-14(10-16)13-5-7-15(18)8-6-13/h5-8,12,14,16-17,19-20H,3-4,9-11H2,1-2H3. The van der Waals surface area contributed by atoms with Crippen molar-refractivity contribution in [2.75, 3.05) is 6.54 Å². The van der Waals surface area contributed by atoms with Crippen LogP contribution >= 0.6 is 15.9 Å². The Morgan fingerprint density at radius 1 is 1.20 bits per heavy atom. The minimum Gasteiger partial charge on any atom is -0.392 e. The maximum atomic E-state index is 10.1. The molecular weight excluding hydrogens is 314 g/mol. The molecule has 0 bridgehead atoms. The fraction of sp³-hybridized carbons (Fsp3) is 0.647. The van der Waals surface area contributed by atoms with Crippen LogP contribution in [-0.4, -0.2) is 23.8 Å². The Kier molecular flexibility index (Phi) is 6.06. The van der Waals surface area contributed by atoms with Crippen LogP contribution in [0.3, 0.4) is 0 Å². The molecule has 0 saturated heterocycles. The van der Waals surface area contributed by atoms with Crippen LogP contribution < -0.4 is 5.32 Å². The highest BCUT2D eigenvalue weighted by atomic mass is 79.9. The number of hydrogen-bond acceptors (Lipinski definition) is 2. The smallest absolute Gasteiger partial charge is 0.0692 e. The van der Waals surface area contributed by atoms with Gasteiger partial charge in [-0.25, -0.2) is 0 Å². The highest BCUT2D eigenvalue weighted by Crippen LogP contribution is 2.37. The van der Waals surface area contributed by atoms with Crippen molar-refractivity contribution in [2.24, 2.45) is 5.92 Å². The lowest BCUT2D eigenvalue weighted by Crippen LogP contribution is -2.44. The van der Waals surface area contributed by atoms with Crippen LogP contribution in [0.25, 0.3) is 0 Å². The summed E-state index contributed by atoms with van der Waals surface area (Å²) < 4.78 is 1.14. The molecule has 0 aliphatic heterocycles. The van der Waals surface area contributed by atoms with E-state index in [-0.39, 0.29) is 6.10 Å². The van der Waals surface area contributed by atoms with E-state index in [1.54, 1.807) is 0 Å². The molecule has 2 rings (SSSR count). The first-order valence-corrected chi connectivity index (χ1v) is 8.60. The zero-order valence-corrected chi connectivity index (χ0v) is 14.1. The van der Waals surface area contributed by atoms with Gasteiger partial charge in [-0.05, 0) is 42.4 Å². The minimum absolute atomic E-state index is 0.197. The van der Waals surface area contributed by atoms with E-state index in [0.29, 0.717) is 17.9 Å². The lowest BCUT2D eigenvalue weighted by Gasteiger charge is -2.37. The van der Waals surface area contributed by atoms with Crippen molar-refractivity contribution < 1.29 is 5.11 Å². The molecule has 1 aliphatic carbocycles. The van der Waals surface area contributed by atoms with Gasteiger partial charge in [-0.2, -0.15) is 0 Å². The second-order valence-electron chi connectivity index (χ2n) is 5.97. The number of aliphatic hydroxyl groups excluding tert-OH is 1. The Hall–Kier alpha value is -0.380. The van der Waals surface area contributed by atoms with Crippen molar-refractivity contribution in [1.29, 1.82) is 0 Å². The number of halogens is 1. The number of rotatable bonds is 7. The summed E-state index contributed by atoms with van der Waals surface area (Å²) in [5, 5.41) is 13.6. The first-order chi connectivity index (χ1) is 9.63. The van der Waals surface area contributed by atoms with Crippen LogP contribution in [0.15, 0.2) is 28.7 Å². The predicted octanol–water partition coefficient (Wildman–Crippen LogP) is 4.08. The third-order valence-corrected chi connectivity index (χ3v) is 5.22. The van der Waals surface area contributed by atoms with Gasteiger partial charge in [0.2, 0.25) is 0 Å². The summed E-state index contributed by atoms with van der Waals surface area (Å²) in [4.78, 5) is 0. The lowest BCUT2D eigenvalue weighted by molar-refractivity contribution is 0.0925. The summed E-state index contributed by atoms with van der Waals surface area (Å²) in [7, 11) is 0. The summed E-state index contributed by atoms with van der Waals surface area (Å²) in [6.45, 7) is 5.05. The van der Waals surface area contributed by atoms with E-state index in [4.69, 9.17) is 0 Å². The molecule has 0 heterocycles. The van der Waals surface area contributed by atoms with Gasteiger partial charge in [0.15, 0.2) is 0 Å². The molecule has 1 saturated carbocycles. The molecule has 112 valence electrons. The Labute approximate surface area is 131 Å². The quantitative estimate of drug-likeness (QED) is 0.784. The van der Waals surface area contributed by atoms with Crippen molar-refractivity contribution in [3.05, 3.63) is 34.3 Å². The molecule has 1 aromatic rings. The van der Waals surface area contributed by atoms with E-state index in [0.717, 1.165) is 23.9 Å².